The minimum atomic E-state index is -0.454. The number of hydrogen-bond donors (Lipinski definition) is 2. The predicted molar refractivity (Wildman–Crippen MR) is 59.3 cm³/mol. The molecule has 4 heteroatoms. The SMILES string of the molecule is CC(O)CN(C)C(=O)C1CCC(N)CC1. The number of carbonyl (C=O) groups is 1. The Morgan fingerprint density at radius 1 is 1.47 bits per heavy atom. The van der Waals surface area contributed by atoms with Crippen molar-refractivity contribution in [2.75, 3.05) is 13.6 Å². The van der Waals surface area contributed by atoms with Crippen molar-refractivity contribution < 1.29 is 9.90 Å². The maximum Gasteiger partial charge on any atom is 0.225 e. The molecule has 0 saturated heterocycles. The fourth-order valence-corrected chi connectivity index (χ4v) is 2.16. The van der Waals surface area contributed by atoms with E-state index in [4.69, 9.17) is 5.73 Å². The van der Waals surface area contributed by atoms with Gasteiger partial charge in [0.15, 0.2) is 0 Å². The molecule has 1 aliphatic rings. The molecule has 0 spiro atoms. The van der Waals surface area contributed by atoms with Gasteiger partial charge in [-0.25, -0.2) is 0 Å². The number of nitrogens with two attached hydrogens (primary N) is 1. The Balaban J connectivity index is 2.39. The Bertz CT molecular complexity index is 211. The first-order valence-corrected chi connectivity index (χ1v) is 5.69. The van der Waals surface area contributed by atoms with Gasteiger partial charge >= 0.3 is 0 Å². The van der Waals surface area contributed by atoms with Crippen LogP contribution in [0, 0.1) is 5.92 Å². The number of nitrogens with zero attached hydrogens (tertiary/aromatic N) is 1. The van der Waals surface area contributed by atoms with Gasteiger partial charge in [0.1, 0.15) is 0 Å². The number of aliphatic hydroxyl groups is 1. The van der Waals surface area contributed by atoms with E-state index in [1.165, 1.54) is 0 Å². The van der Waals surface area contributed by atoms with Gasteiger partial charge in [-0.2, -0.15) is 0 Å². The molecular formula is C11H22N2O2. The van der Waals surface area contributed by atoms with Gasteiger partial charge < -0.3 is 15.7 Å². The molecule has 0 aromatic heterocycles. The number of carbonyl (C=O) groups excluding carboxylic acids is 1. The van der Waals surface area contributed by atoms with Gasteiger partial charge in [0.05, 0.1) is 6.10 Å². The van der Waals surface area contributed by atoms with Crippen molar-refractivity contribution in [1.82, 2.24) is 4.90 Å². The summed E-state index contributed by atoms with van der Waals surface area (Å²) in [5.74, 6) is 0.274. The maximum atomic E-state index is 11.9. The number of hydrogen-bond acceptors (Lipinski definition) is 3. The third-order valence-corrected chi connectivity index (χ3v) is 3.04. The average molecular weight is 214 g/mol. The van der Waals surface area contributed by atoms with Crippen LogP contribution in [-0.2, 0) is 4.79 Å². The zero-order valence-electron chi connectivity index (χ0n) is 9.65. The van der Waals surface area contributed by atoms with Crippen LogP contribution in [0.4, 0.5) is 0 Å². The second-order valence-electron chi connectivity index (χ2n) is 4.68. The third kappa shape index (κ3) is 3.80. The maximum absolute atomic E-state index is 11.9. The Hall–Kier alpha value is -0.610. The smallest absolute Gasteiger partial charge is 0.225 e. The molecule has 88 valence electrons. The molecule has 3 N–H and O–H groups in total. The molecule has 0 aliphatic heterocycles. The Kier molecular flexibility index (Phi) is 4.54. The molecule has 4 nitrogen and oxygen atoms in total. The lowest BCUT2D eigenvalue weighted by molar-refractivity contribution is -0.136. The molecular weight excluding hydrogens is 192 g/mol. The highest BCUT2D eigenvalue weighted by atomic mass is 16.3. The highest BCUT2D eigenvalue weighted by Crippen LogP contribution is 2.24. The molecule has 1 saturated carbocycles. The van der Waals surface area contributed by atoms with Crippen LogP contribution in [0.25, 0.3) is 0 Å². The minimum Gasteiger partial charge on any atom is -0.392 e. The number of amides is 1. The summed E-state index contributed by atoms with van der Waals surface area (Å²) < 4.78 is 0. The van der Waals surface area contributed by atoms with E-state index in [2.05, 4.69) is 0 Å². The summed E-state index contributed by atoms with van der Waals surface area (Å²) in [5.41, 5.74) is 5.79. The van der Waals surface area contributed by atoms with Crippen molar-refractivity contribution in [2.45, 2.75) is 44.8 Å². The van der Waals surface area contributed by atoms with E-state index in [0.29, 0.717) is 6.54 Å². The molecule has 15 heavy (non-hydrogen) atoms. The molecule has 0 aromatic carbocycles. The van der Waals surface area contributed by atoms with E-state index in [1.807, 2.05) is 0 Å². The summed E-state index contributed by atoms with van der Waals surface area (Å²) in [4.78, 5) is 13.5. The van der Waals surface area contributed by atoms with Crippen LogP contribution in [0.15, 0.2) is 0 Å². The van der Waals surface area contributed by atoms with Gasteiger partial charge in [-0.15, -0.1) is 0 Å². The number of likely N-dealkylation sites (N-methyl/N-ethyl adjacent to an activating group) is 1. The first kappa shape index (κ1) is 12.5. The van der Waals surface area contributed by atoms with E-state index in [1.54, 1.807) is 18.9 Å². The minimum absolute atomic E-state index is 0.119. The summed E-state index contributed by atoms with van der Waals surface area (Å²) in [7, 11) is 1.75. The molecule has 0 heterocycles. The molecule has 1 amide bonds. The topological polar surface area (TPSA) is 66.6 Å². The molecule has 1 fully saturated rings. The lowest BCUT2D eigenvalue weighted by atomic mass is 9.85. The molecule has 1 unspecified atom stereocenters. The van der Waals surface area contributed by atoms with Crippen molar-refractivity contribution in [2.24, 2.45) is 11.7 Å². The first-order valence-electron chi connectivity index (χ1n) is 5.69. The fraction of sp³-hybridized carbons (Fsp3) is 0.909. The van der Waals surface area contributed by atoms with Crippen molar-refractivity contribution in [3.05, 3.63) is 0 Å². The van der Waals surface area contributed by atoms with Crippen LogP contribution in [0.2, 0.25) is 0 Å². The van der Waals surface area contributed by atoms with E-state index in [0.717, 1.165) is 25.7 Å². The summed E-state index contributed by atoms with van der Waals surface area (Å²) in [6, 6.07) is 0.274. The van der Waals surface area contributed by atoms with Crippen LogP contribution in [0.1, 0.15) is 32.6 Å². The molecule has 1 atom stereocenters. The van der Waals surface area contributed by atoms with E-state index >= 15 is 0 Å². The van der Waals surface area contributed by atoms with E-state index in [9.17, 15) is 9.90 Å². The third-order valence-electron chi connectivity index (χ3n) is 3.04. The standard InChI is InChI=1S/C11H22N2O2/c1-8(14)7-13(2)11(15)9-3-5-10(12)6-4-9/h8-10,14H,3-7,12H2,1-2H3. The number of aliphatic hydroxyl groups excluding tert-OH is 1. The van der Waals surface area contributed by atoms with Gasteiger partial charge in [0.2, 0.25) is 5.91 Å². The highest BCUT2D eigenvalue weighted by Gasteiger charge is 2.26. The first-order chi connectivity index (χ1) is 7.00. The van der Waals surface area contributed by atoms with Gasteiger partial charge in [-0.05, 0) is 32.6 Å². The zero-order chi connectivity index (χ0) is 11.4. The Morgan fingerprint density at radius 3 is 2.47 bits per heavy atom. The van der Waals surface area contributed by atoms with E-state index < -0.39 is 6.10 Å². The van der Waals surface area contributed by atoms with Crippen molar-refractivity contribution in [3.63, 3.8) is 0 Å². The summed E-state index contributed by atoms with van der Waals surface area (Å²) in [5, 5.41) is 9.20. The van der Waals surface area contributed by atoms with Crippen LogP contribution in [-0.4, -0.2) is 41.7 Å². The Morgan fingerprint density at radius 2 is 2.00 bits per heavy atom. The molecule has 1 aliphatic carbocycles. The fourth-order valence-electron chi connectivity index (χ4n) is 2.16. The van der Waals surface area contributed by atoms with Crippen molar-refractivity contribution >= 4 is 5.91 Å². The quantitative estimate of drug-likeness (QED) is 0.712. The lowest BCUT2D eigenvalue weighted by Gasteiger charge is -2.29. The largest absolute Gasteiger partial charge is 0.392 e. The van der Waals surface area contributed by atoms with Crippen LogP contribution < -0.4 is 5.73 Å². The zero-order valence-corrected chi connectivity index (χ0v) is 9.65. The summed E-state index contributed by atoms with van der Waals surface area (Å²) in [6.45, 7) is 2.11. The average Bonchev–Trinajstić information content (AvgIpc) is 2.17. The second kappa shape index (κ2) is 5.47. The molecule has 0 radical (unpaired) electrons. The van der Waals surface area contributed by atoms with Crippen molar-refractivity contribution in [3.8, 4) is 0 Å². The van der Waals surface area contributed by atoms with Crippen LogP contribution >= 0.6 is 0 Å². The number of rotatable bonds is 3. The molecule has 1 rings (SSSR count). The van der Waals surface area contributed by atoms with E-state index in [-0.39, 0.29) is 17.9 Å². The summed E-state index contributed by atoms with van der Waals surface area (Å²) >= 11 is 0. The van der Waals surface area contributed by atoms with Gasteiger partial charge in [0, 0.05) is 25.6 Å². The van der Waals surface area contributed by atoms with Gasteiger partial charge in [0.25, 0.3) is 0 Å². The monoisotopic (exact) mass is 214 g/mol. The predicted octanol–water partition coefficient (Wildman–Crippen LogP) is 0.343. The normalized spacial score (nSPS) is 28.5. The van der Waals surface area contributed by atoms with Gasteiger partial charge in [-0.1, -0.05) is 0 Å². The summed E-state index contributed by atoms with van der Waals surface area (Å²) in [6.07, 6.45) is 3.22. The van der Waals surface area contributed by atoms with Crippen molar-refractivity contribution in [1.29, 1.82) is 0 Å². The van der Waals surface area contributed by atoms with Crippen LogP contribution in [0.3, 0.4) is 0 Å². The van der Waals surface area contributed by atoms with Crippen LogP contribution in [0.5, 0.6) is 0 Å². The highest BCUT2D eigenvalue weighted by molar-refractivity contribution is 5.78. The second-order valence-corrected chi connectivity index (χ2v) is 4.68. The molecule has 0 bridgehead atoms. The van der Waals surface area contributed by atoms with Gasteiger partial charge in [-0.3, -0.25) is 4.79 Å². The molecule has 0 aromatic rings. The Labute approximate surface area is 91.4 Å². The lowest BCUT2D eigenvalue weighted by Crippen LogP contribution is -2.40.